The van der Waals surface area contributed by atoms with Gasteiger partial charge in [-0.3, -0.25) is 9.67 Å². The van der Waals surface area contributed by atoms with Crippen molar-refractivity contribution in [3.63, 3.8) is 0 Å². The fraction of sp³-hybridized carbons (Fsp3) is 0.583. The number of aromatic nitrogens is 2. The van der Waals surface area contributed by atoms with Crippen molar-refractivity contribution >= 4 is 29.9 Å². The van der Waals surface area contributed by atoms with Crippen LogP contribution in [-0.4, -0.2) is 78.0 Å². The number of hydrogen-bond acceptors (Lipinski definition) is 4. The van der Waals surface area contributed by atoms with Gasteiger partial charge in [0.25, 0.3) is 0 Å². The maximum Gasteiger partial charge on any atom is 0.194 e. The normalized spacial score (nSPS) is 22.1. The van der Waals surface area contributed by atoms with Gasteiger partial charge in [-0.05, 0) is 37.8 Å². The van der Waals surface area contributed by atoms with E-state index < -0.39 is 0 Å². The van der Waals surface area contributed by atoms with E-state index in [0.29, 0.717) is 12.5 Å². The van der Waals surface area contributed by atoms with Gasteiger partial charge < -0.3 is 19.9 Å². The largest absolute Gasteiger partial charge is 0.370 e. The summed E-state index contributed by atoms with van der Waals surface area (Å²) in [7, 11) is 1.94. The molecule has 3 heterocycles. The lowest BCUT2D eigenvalue weighted by Crippen LogP contribution is -2.48. The number of likely N-dealkylation sites (tertiary alicyclic amines) is 1. The van der Waals surface area contributed by atoms with Crippen LogP contribution in [0.15, 0.2) is 47.7 Å². The molecule has 0 bridgehead atoms. The molecule has 2 unspecified atom stereocenters. The van der Waals surface area contributed by atoms with Gasteiger partial charge >= 0.3 is 0 Å². The van der Waals surface area contributed by atoms with Crippen LogP contribution in [0.25, 0.3) is 0 Å². The van der Waals surface area contributed by atoms with Crippen LogP contribution in [0, 0.1) is 5.92 Å². The Labute approximate surface area is 209 Å². The van der Waals surface area contributed by atoms with Gasteiger partial charge in [0, 0.05) is 51.5 Å². The molecule has 2 fully saturated rings. The zero-order valence-electron chi connectivity index (χ0n) is 19.3. The Morgan fingerprint density at radius 1 is 1.22 bits per heavy atom. The maximum absolute atomic E-state index is 6.01. The van der Waals surface area contributed by atoms with E-state index in [1.165, 1.54) is 18.5 Å². The minimum atomic E-state index is 0. The van der Waals surface area contributed by atoms with Gasteiger partial charge in [-0.1, -0.05) is 30.3 Å². The molecule has 0 radical (unpaired) electrons. The molecular formula is C24H37IN6O. The van der Waals surface area contributed by atoms with Gasteiger partial charge in [-0.15, -0.1) is 24.0 Å². The Kier molecular flexibility index (Phi) is 9.80. The van der Waals surface area contributed by atoms with Crippen molar-refractivity contribution in [1.29, 1.82) is 0 Å². The van der Waals surface area contributed by atoms with Crippen molar-refractivity contribution < 1.29 is 4.74 Å². The average molecular weight is 553 g/mol. The first kappa shape index (κ1) is 25.0. The summed E-state index contributed by atoms with van der Waals surface area (Å²) in [4.78, 5) is 9.96. The van der Waals surface area contributed by atoms with Crippen molar-refractivity contribution in [3.05, 3.63) is 53.9 Å². The second-order valence-electron chi connectivity index (χ2n) is 8.64. The molecule has 2 aromatic rings. The fourth-order valence-corrected chi connectivity index (χ4v) is 4.49. The molecular weight excluding hydrogens is 515 g/mol. The van der Waals surface area contributed by atoms with Gasteiger partial charge in [-0.2, -0.15) is 5.10 Å². The maximum atomic E-state index is 6.01. The Hall–Kier alpha value is -1.65. The predicted octanol–water partition coefficient (Wildman–Crippen LogP) is 2.94. The number of hydrogen-bond donors (Lipinski definition) is 1. The number of rotatable bonds is 7. The van der Waals surface area contributed by atoms with E-state index in [1.807, 2.05) is 24.1 Å². The highest BCUT2D eigenvalue weighted by Gasteiger charge is 2.26. The smallest absolute Gasteiger partial charge is 0.194 e. The van der Waals surface area contributed by atoms with Gasteiger partial charge in [0.2, 0.25) is 0 Å². The molecule has 2 atom stereocenters. The van der Waals surface area contributed by atoms with Crippen molar-refractivity contribution in [3.8, 4) is 0 Å². The lowest BCUT2D eigenvalue weighted by atomic mass is 10.1. The molecule has 1 N–H and O–H groups in total. The van der Waals surface area contributed by atoms with E-state index in [-0.39, 0.29) is 30.1 Å². The molecule has 2 saturated heterocycles. The Balaban J connectivity index is 0.00000289. The summed E-state index contributed by atoms with van der Waals surface area (Å²) in [6.07, 6.45) is 6.36. The molecule has 2 aliphatic heterocycles. The molecule has 0 saturated carbocycles. The third-order valence-electron chi connectivity index (χ3n) is 6.23. The third kappa shape index (κ3) is 6.92. The summed E-state index contributed by atoms with van der Waals surface area (Å²) in [5.74, 6) is 1.65. The fourth-order valence-electron chi connectivity index (χ4n) is 4.49. The van der Waals surface area contributed by atoms with E-state index in [2.05, 4.69) is 57.5 Å². The Morgan fingerprint density at radius 2 is 2.06 bits per heavy atom. The number of nitrogens with zero attached hydrogens (tertiary/aromatic N) is 5. The van der Waals surface area contributed by atoms with Crippen LogP contribution >= 0.6 is 24.0 Å². The number of halogens is 1. The molecule has 8 heteroatoms. The van der Waals surface area contributed by atoms with Crippen LogP contribution in [0.1, 0.15) is 30.6 Å². The molecule has 4 rings (SSSR count). The molecule has 7 nitrogen and oxygen atoms in total. The van der Waals surface area contributed by atoms with Crippen LogP contribution in [0.4, 0.5) is 0 Å². The monoisotopic (exact) mass is 552 g/mol. The second-order valence-corrected chi connectivity index (χ2v) is 8.64. The number of guanidine groups is 1. The van der Waals surface area contributed by atoms with Crippen molar-refractivity contribution in [2.24, 2.45) is 18.0 Å². The highest BCUT2D eigenvalue weighted by Crippen LogP contribution is 2.22. The number of nitrogens with one attached hydrogen (secondary N) is 1. The first-order valence-electron chi connectivity index (χ1n) is 11.6. The van der Waals surface area contributed by atoms with Crippen molar-refractivity contribution in [1.82, 2.24) is 24.9 Å². The van der Waals surface area contributed by atoms with Gasteiger partial charge in [0.15, 0.2) is 5.96 Å². The first-order valence-corrected chi connectivity index (χ1v) is 11.6. The topological polar surface area (TPSA) is 57.9 Å². The minimum absolute atomic E-state index is 0. The highest BCUT2D eigenvalue weighted by molar-refractivity contribution is 14.0. The van der Waals surface area contributed by atoms with Crippen molar-refractivity contribution in [2.75, 3.05) is 52.4 Å². The summed E-state index contributed by atoms with van der Waals surface area (Å²) in [5, 5.41) is 7.79. The number of aryl methyl sites for hydroxylation is 1. The Morgan fingerprint density at radius 3 is 2.81 bits per heavy atom. The zero-order chi connectivity index (χ0) is 21.5. The van der Waals surface area contributed by atoms with E-state index in [1.54, 1.807) is 0 Å². The lowest BCUT2D eigenvalue weighted by Gasteiger charge is -2.35. The van der Waals surface area contributed by atoms with Crippen LogP contribution in [0.5, 0.6) is 0 Å². The number of morpholine rings is 1. The van der Waals surface area contributed by atoms with Gasteiger partial charge in [0.1, 0.15) is 6.10 Å². The Bertz CT molecular complexity index is 842. The average Bonchev–Trinajstić information content (AvgIpc) is 3.45. The summed E-state index contributed by atoms with van der Waals surface area (Å²) in [6.45, 7) is 9.76. The van der Waals surface area contributed by atoms with E-state index >= 15 is 0 Å². The van der Waals surface area contributed by atoms with Crippen LogP contribution < -0.4 is 5.32 Å². The molecule has 0 spiro atoms. The van der Waals surface area contributed by atoms with E-state index in [0.717, 1.165) is 57.2 Å². The molecule has 0 amide bonds. The van der Waals surface area contributed by atoms with Crippen LogP contribution in [-0.2, 0) is 18.2 Å². The van der Waals surface area contributed by atoms with E-state index in [4.69, 9.17) is 9.73 Å². The lowest BCUT2D eigenvalue weighted by molar-refractivity contribution is -0.00806. The standard InChI is InChI=1S/C24H36N6O.HI/c1-3-25-24(30-13-14-31-23(19-30)22-16-27-28(2)18-22)26-15-21-10-12-29(17-21)11-9-20-7-5-4-6-8-20;/h4-8,16,18,21,23H,3,9-15,17,19H2,1-2H3,(H,25,26);1H. The van der Waals surface area contributed by atoms with E-state index in [9.17, 15) is 0 Å². The molecule has 0 aliphatic carbocycles. The van der Waals surface area contributed by atoms with Crippen LogP contribution in [0.3, 0.4) is 0 Å². The SMILES string of the molecule is CCNC(=NCC1CCN(CCc2ccccc2)C1)N1CCOC(c2cnn(C)c2)C1.I. The third-order valence-corrected chi connectivity index (χ3v) is 6.23. The second kappa shape index (κ2) is 12.6. The molecule has 176 valence electrons. The quantitative estimate of drug-likeness (QED) is 0.325. The van der Waals surface area contributed by atoms with Crippen molar-refractivity contribution in [2.45, 2.75) is 25.9 Å². The molecule has 1 aromatic heterocycles. The minimum Gasteiger partial charge on any atom is -0.370 e. The van der Waals surface area contributed by atoms with Gasteiger partial charge in [-0.25, -0.2) is 0 Å². The number of aliphatic imine (C=N–C) groups is 1. The summed E-state index contributed by atoms with van der Waals surface area (Å²) in [6, 6.07) is 10.8. The summed E-state index contributed by atoms with van der Waals surface area (Å²) < 4.78 is 7.84. The molecule has 2 aliphatic rings. The zero-order valence-corrected chi connectivity index (χ0v) is 21.7. The predicted molar refractivity (Wildman–Crippen MR) is 140 cm³/mol. The molecule has 1 aromatic carbocycles. The molecule has 32 heavy (non-hydrogen) atoms. The van der Waals surface area contributed by atoms with Crippen LogP contribution in [0.2, 0.25) is 0 Å². The summed E-state index contributed by atoms with van der Waals surface area (Å²) in [5.41, 5.74) is 2.56. The summed E-state index contributed by atoms with van der Waals surface area (Å²) >= 11 is 0. The first-order chi connectivity index (χ1) is 15.2. The highest BCUT2D eigenvalue weighted by atomic mass is 127. The number of benzene rings is 1. The van der Waals surface area contributed by atoms with Gasteiger partial charge in [0.05, 0.1) is 19.3 Å². The number of ether oxygens (including phenoxy) is 1.